The molecule has 0 fully saturated rings. The van der Waals surface area contributed by atoms with Crippen molar-refractivity contribution in [2.75, 3.05) is 12.0 Å². The highest BCUT2D eigenvalue weighted by atomic mass is 35.5. The highest BCUT2D eigenvalue weighted by Crippen LogP contribution is 2.45. The maximum Gasteiger partial charge on any atom is 0.337 e. The first-order chi connectivity index (χ1) is 17.5. The lowest BCUT2D eigenvalue weighted by molar-refractivity contribution is -0.113. The number of ether oxygens (including phenoxy) is 1. The van der Waals surface area contributed by atoms with Crippen LogP contribution in [0.1, 0.15) is 32.6 Å². The van der Waals surface area contributed by atoms with Crippen LogP contribution in [-0.2, 0) is 16.1 Å². The van der Waals surface area contributed by atoms with Crippen molar-refractivity contribution in [1.82, 2.24) is 0 Å². The first-order valence-corrected chi connectivity index (χ1v) is 11.7. The second-order valence-electron chi connectivity index (χ2n) is 8.34. The lowest BCUT2D eigenvalue weighted by atomic mass is 9.90. The molecule has 36 heavy (non-hydrogen) atoms. The van der Waals surface area contributed by atoms with E-state index in [0.29, 0.717) is 32.9 Å². The molecule has 6 heteroatoms. The average Bonchev–Trinajstić information content (AvgIpc) is 3.18. The van der Waals surface area contributed by atoms with Gasteiger partial charge in [-0.3, -0.25) is 4.79 Å². The number of carbonyl (C=O) groups is 2. The molecule has 1 amide bonds. The van der Waals surface area contributed by atoms with Gasteiger partial charge in [0.15, 0.2) is 0 Å². The molecule has 0 radical (unpaired) electrons. The SMILES string of the molecule is COC(=O)c1cccc(CN2C(=O)/C(=C(\c3ccccc3)c3ccc(Cl)cc3)c3cccc(F)c32)c1. The second kappa shape index (κ2) is 9.80. The maximum atomic E-state index is 15.3. The predicted molar refractivity (Wildman–Crippen MR) is 139 cm³/mol. The summed E-state index contributed by atoms with van der Waals surface area (Å²) in [5.41, 5.74) is 4.47. The Kier molecular flexibility index (Phi) is 6.40. The van der Waals surface area contributed by atoms with E-state index >= 15 is 4.39 Å². The largest absolute Gasteiger partial charge is 0.465 e. The summed E-state index contributed by atoms with van der Waals surface area (Å²) in [6.45, 7) is 0.0871. The normalized spacial score (nSPS) is 14.0. The zero-order valence-electron chi connectivity index (χ0n) is 19.4. The van der Waals surface area contributed by atoms with Crippen molar-refractivity contribution in [3.05, 3.63) is 136 Å². The summed E-state index contributed by atoms with van der Waals surface area (Å²) in [5.74, 6) is -1.30. The summed E-state index contributed by atoms with van der Waals surface area (Å²) in [6.07, 6.45) is 0. The van der Waals surface area contributed by atoms with E-state index in [0.717, 1.165) is 11.1 Å². The fraction of sp³-hybridized carbons (Fsp3) is 0.0667. The third-order valence-electron chi connectivity index (χ3n) is 6.12. The van der Waals surface area contributed by atoms with Gasteiger partial charge in [0, 0.05) is 16.2 Å². The van der Waals surface area contributed by atoms with E-state index in [-0.39, 0.29) is 18.1 Å². The Hall–Kier alpha value is -4.22. The number of nitrogens with zero attached hydrogens (tertiary/aromatic N) is 1. The third-order valence-corrected chi connectivity index (χ3v) is 6.37. The van der Waals surface area contributed by atoms with Crippen molar-refractivity contribution in [2.45, 2.75) is 6.54 Å². The molecule has 0 saturated heterocycles. The Morgan fingerprint density at radius 1 is 0.861 bits per heavy atom. The fourth-order valence-corrected chi connectivity index (χ4v) is 4.64. The Balaban J connectivity index is 1.70. The number of amides is 1. The van der Waals surface area contributed by atoms with Crippen LogP contribution >= 0.6 is 11.6 Å². The van der Waals surface area contributed by atoms with Gasteiger partial charge in [0.1, 0.15) is 5.82 Å². The number of para-hydroxylation sites is 1. The van der Waals surface area contributed by atoms with Crippen molar-refractivity contribution in [2.24, 2.45) is 0 Å². The number of methoxy groups -OCH3 is 1. The van der Waals surface area contributed by atoms with Crippen LogP contribution < -0.4 is 4.90 Å². The molecule has 0 N–H and O–H groups in total. The number of hydrogen-bond donors (Lipinski definition) is 0. The average molecular weight is 498 g/mol. The van der Waals surface area contributed by atoms with Crippen molar-refractivity contribution in [1.29, 1.82) is 0 Å². The number of fused-ring (bicyclic) bond motifs is 1. The molecule has 5 rings (SSSR count). The van der Waals surface area contributed by atoms with Crippen LogP contribution in [0, 0.1) is 5.82 Å². The van der Waals surface area contributed by atoms with Crippen molar-refractivity contribution < 1.29 is 18.7 Å². The van der Waals surface area contributed by atoms with Crippen molar-refractivity contribution in [3.63, 3.8) is 0 Å². The van der Waals surface area contributed by atoms with Gasteiger partial charge in [0.25, 0.3) is 5.91 Å². The molecule has 0 unspecified atom stereocenters. The maximum absolute atomic E-state index is 15.3. The van der Waals surface area contributed by atoms with Gasteiger partial charge in [0.05, 0.1) is 30.5 Å². The van der Waals surface area contributed by atoms with Crippen LogP contribution in [0.2, 0.25) is 5.02 Å². The topological polar surface area (TPSA) is 46.6 Å². The Morgan fingerprint density at radius 3 is 2.25 bits per heavy atom. The minimum Gasteiger partial charge on any atom is -0.465 e. The van der Waals surface area contributed by atoms with E-state index in [2.05, 4.69) is 0 Å². The molecule has 0 bridgehead atoms. The van der Waals surface area contributed by atoms with E-state index < -0.39 is 11.8 Å². The molecule has 1 aliphatic heterocycles. The van der Waals surface area contributed by atoms with Gasteiger partial charge in [-0.05, 0) is 47.0 Å². The number of anilines is 1. The minimum atomic E-state index is -0.497. The Labute approximate surface area is 213 Å². The van der Waals surface area contributed by atoms with Crippen LogP contribution in [0.3, 0.4) is 0 Å². The van der Waals surface area contributed by atoms with Gasteiger partial charge in [-0.2, -0.15) is 0 Å². The van der Waals surface area contributed by atoms with E-state index in [9.17, 15) is 9.59 Å². The number of benzene rings is 4. The van der Waals surface area contributed by atoms with Gasteiger partial charge in [-0.25, -0.2) is 9.18 Å². The molecule has 4 aromatic carbocycles. The van der Waals surface area contributed by atoms with E-state index in [1.165, 1.54) is 18.1 Å². The number of carbonyl (C=O) groups excluding carboxylic acids is 2. The van der Waals surface area contributed by atoms with Gasteiger partial charge < -0.3 is 9.64 Å². The molecule has 1 aliphatic rings. The standard InChI is InChI=1S/C30H21ClFNO3/c1-36-30(35)22-10-5-7-19(17-22)18-33-28-24(11-6-12-25(28)32)27(29(33)34)26(20-8-3-2-4-9-20)21-13-15-23(31)16-14-21/h2-17H,18H2,1H3/b27-26+. The molecule has 0 saturated carbocycles. The van der Waals surface area contributed by atoms with Crippen LogP contribution in [0.25, 0.3) is 11.1 Å². The Bertz CT molecular complexity index is 1500. The van der Waals surface area contributed by atoms with Crippen LogP contribution in [-0.4, -0.2) is 19.0 Å². The molecular weight excluding hydrogens is 477 g/mol. The number of halogens is 2. The van der Waals surface area contributed by atoms with Crippen LogP contribution in [0.4, 0.5) is 10.1 Å². The lowest BCUT2D eigenvalue weighted by Gasteiger charge is -2.18. The monoisotopic (exact) mass is 497 g/mol. The molecular formula is C30H21ClFNO3. The third kappa shape index (κ3) is 4.30. The van der Waals surface area contributed by atoms with Crippen LogP contribution in [0.5, 0.6) is 0 Å². The van der Waals surface area contributed by atoms with Crippen LogP contribution in [0.15, 0.2) is 97.1 Å². The minimum absolute atomic E-state index is 0.0871. The van der Waals surface area contributed by atoms with Gasteiger partial charge in [-0.15, -0.1) is 0 Å². The molecule has 0 aromatic heterocycles. The summed E-state index contributed by atoms with van der Waals surface area (Å²) in [6, 6.07) is 28.3. The number of rotatable bonds is 5. The summed E-state index contributed by atoms with van der Waals surface area (Å²) in [7, 11) is 1.31. The van der Waals surface area contributed by atoms with E-state index in [1.807, 2.05) is 42.5 Å². The summed E-state index contributed by atoms with van der Waals surface area (Å²) in [5, 5.41) is 0.576. The number of esters is 1. The molecule has 1 heterocycles. The number of hydrogen-bond acceptors (Lipinski definition) is 3. The summed E-state index contributed by atoms with van der Waals surface area (Å²) < 4.78 is 20.1. The van der Waals surface area contributed by atoms with Crippen molar-refractivity contribution >= 4 is 40.3 Å². The summed E-state index contributed by atoms with van der Waals surface area (Å²) in [4.78, 5) is 27.5. The first-order valence-electron chi connectivity index (χ1n) is 11.3. The molecule has 0 atom stereocenters. The zero-order valence-corrected chi connectivity index (χ0v) is 20.1. The van der Waals surface area contributed by atoms with Crippen molar-refractivity contribution in [3.8, 4) is 0 Å². The highest BCUT2D eigenvalue weighted by molar-refractivity contribution is 6.39. The summed E-state index contributed by atoms with van der Waals surface area (Å²) >= 11 is 6.14. The molecule has 4 nitrogen and oxygen atoms in total. The molecule has 0 spiro atoms. The highest BCUT2D eigenvalue weighted by Gasteiger charge is 2.37. The second-order valence-corrected chi connectivity index (χ2v) is 8.78. The molecule has 178 valence electrons. The fourth-order valence-electron chi connectivity index (χ4n) is 4.51. The molecule has 0 aliphatic carbocycles. The zero-order chi connectivity index (χ0) is 25.2. The lowest BCUT2D eigenvalue weighted by Crippen LogP contribution is -2.27. The van der Waals surface area contributed by atoms with E-state index in [1.54, 1.807) is 48.5 Å². The first kappa shape index (κ1) is 23.5. The quantitative estimate of drug-likeness (QED) is 0.226. The van der Waals surface area contributed by atoms with Gasteiger partial charge in [-0.1, -0.05) is 78.3 Å². The van der Waals surface area contributed by atoms with E-state index in [4.69, 9.17) is 16.3 Å². The van der Waals surface area contributed by atoms with Gasteiger partial charge in [0.2, 0.25) is 0 Å². The smallest absolute Gasteiger partial charge is 0.337 e. The Morgan fingerprint density at radius 2 is 1.53 bits per heavy atom. The molecule has 4 aromatic rings. The van der Waals surface area contributed by atoms with Gasteiger partial charge >= 0.3 is 5.97 Å². The predicted octanol–water partition coefficient (Wildman–Crippen LogP) is 6.77.